The van der Waals surface area contributed by atoms with Gasteiger partial charge in [0.2, 0.25) is 0 Å². The highest BCUT2D eigenvalue weighted by Gasteiger charge is 2.12. The molecule has 0 bridgehead atoms. The van der Waals surface area contributed by atoms with Gasteiger partial charge < -0.3 is 14.8 Å². The van der Waals surface area contributed by atoms with Crippen molar-refractivity contribution in [1.29, 1.82) is 0 Å². The fourth-order valence-electron chi connectivity index (χ4n) is 1.53. The smallest absolute Gasteiger partial charge is 0.186 e. The molecule has 21 heavy (non-hydrogen) atoms. The van der Waals surface area contributed by atoms with Crippen molar-refractivity contribution in [1.82, 2.24) is 10.7 Å². The molecule has 0 atom stereocenters. The zero-order chi connectivity index (χ0) is 15.8. The van der Waals surface area contributed by atoms with Gasteiger partial charge >= 0.3 is 0 Å². The zero-order valence-corrected chi connectivity index (χ0v) is 15.5. The Bertz CT molecular complexity index is 521. The molecule has 0 saturated heterocycles. The summed E-state index contributed by atoms with van der Waals surface area (Å²) in [5.41, 5.74) is 3.65. The van der Waals surface area contributed by atoms with Gasteiger partial charge in [-0.2, -0.15) is 5.10 Å². The second kappa shape index (κ2) is 9.04. The third-order valence-electron chi connectivity index (χ3n) is 2.32. The lowest BCUT2D eigenvalue weighted by Gasteiger charge is -2.15. The highest BCUT2D eigenvalue weighted by Crippen LogP contribution is 2.34. The van der Waals surface area contributed by atoms with Gasteiger partial charge in [-0.3, -0.25) is 5.43 Å². The minimum atomic E-state index is 0.0890. The Morgan fingerprint density at radius 1 is 1.48 bits per heavy atom. The predicted molar refractivity (Wildman–Crippen MR) is 98.5 cm³/mol. The Morgan fingerprint density at radius 2 is 2.19 bits per heavy atom. The number of methoxy groups -OCH3 is 1. The first-order valence-electron chi connectivity index (χ1n) is 6.59. The maximum atomic E-state index is 5.77. The van der Waals surface area contributed by atoms with E-state index in [9.17, 15) is 0 Å². The maximum Gasteiger partial charge on any atom is 0.186 e. The van der Waals surface area contributed by atoms with Crippen LogP contribution in [0.4, 0.5) is 0 Å². The van der Waals surface area contributed by atoms with E-state index in [-0.39, 0.29) is 6.10 Å². The van der Waals surface area contributed by atoms with Crippen molar-refractivity contribution in [2.45, 2.75) is 26.9 Å². The van der Waals surface area contributed by atoms with Crippen molar-refractivity contribution in [2.75, 3.05) is 13.7 Å². The number of hydrogen-bond acceptors (Lipinski definition) is 4. The van der Waals surface area contributed by atoms with E-state index in [0.717, 1.165) is 21.4 Å². The monoisotopic (exact) mass is 421 g/mol. The zero-order valence-electron chi connectivity index (χ0n) is 12.6. The maximum absolute atomic E-state index is 5.77. The summed E-state index contributed by atoms with van der Waals surface area (Å²) in [5.74, 6) is 1.44. The van der Waals surface area contributed by atoms with Crippen LogP contribution in [0.25, 0.3) is 0 Å². The number of benzene rings is 1. The number of thiocarbonyl (C=S) groups is 1. The van der Waals surface area contributed by atoms with Gasteiger partial charge in [0.25, 0.3) is 0 Å². The second-order valence-electron chi connectivity index (χ2n) is 4.43. The largest absolute Gasteiger partial charge is 0.493 e. The van der Waals surface area contributed by atoms with E-state index in [1.807, 2.05) is 32.9 Å². The molecular weight excluding hydrogens is 401 g/mol. The minimum Gasteiger partial charge on any atom is -0.493 e. The minimum absolute atomic E-state index is 0.0890. The number of hydrogen-bond donors (Lipinski definition) is 2. The van der Waals surface area contributed by atoms with E-state index < -0.39 is 0 Å². The molecule has 0 aliphatic rings. The molecule has 5 nitrogen and oxygen atoms in total. The third kappa shape index (κ3) is 6.04. The van der Waals surface area contributed by atoms with Crippen LogP contribution < -0.4 is 20.2 Å². The average Bonchev–Trinajstić information content (AvgIpc) is 2.41. The number of rotatable bonds is 6. The van der Waals surface area contributed by atoms with Gasteiger partial charge in [-0.25, -0.2) is 0 Å². The number of nitrogens with zero attached hydrogens (tertiary/aromatic N) is 1. The van der Waals surface area contributed by atoms with Crippen LogP contribution in [0.5, 0.6) is 11.5 Å². The molecule has 0 amide bonds. The molecule has 0 aliphatic carbocycles. The summed E-state index contributed by atoms with van der Waals surface area (Å²) in [6.45, 7) is 6.69. The standard InChI is InChI=1S/C14H20IN3O2S/c1-5-16-14(21)18-17-8-10-6-11(15)13(20-9(2)3)12(7-10)19-4/h6-9H,5H2,1-4H3,(H2,16,18,21). The molecule has 0 radical (unpaired) electrons. The lowest BCUT2D eigenvalue weighted by molar-refractivity contribution is 0.228. The van der Waals surface area contributed by atoms with Gasteiger partial charge in [0, 0.05) is 6.54 Å². The normalized spacial score (nSPS) is 10.8. The van der Waals surface area contributed by atoms with Gasteiger partial charge in [0.15, 0.2) is 16.6 Å². The van der Waals surface area contributed by atoms with Crippen molar-refractivity contribution in [3.8, 4) is 11.5 Å². The number of ether oxygens (including phenoxy) is 2. The van der Waals surface area contributed by atoms with Crippen molar-refractivity contribution >= 4 is 46.1 Å². The van der Waals surface area contributed by atoms with Crippen LogP contribution >= 0.6 is 34.8 Å². The summed E-state index contributed by atoms with van der Waals surface area (Å²) in [7, 11) is 1.62. The summed E-state index contributed by atoms with van der Waals surface area (Å²) in [4.78, 5) is 0. The van der Waals surface area contributed by atoms with E-state index in [2.05, 4.69) is 38.4 Å². The van der Waals surface area contributed by atoms with Crippen molar-refractivity contribution < 1.29 is 9.47 Å². The van der Waals surface area contributed by atoms with Crippen LogP contribution in [0.2, 0.25) is 0 Å². The molecule has 1 rings (SSSR count). The molecule has 0 heterocycles. The Balaban J connectivity index is 2.88. The van der Waals surface area contributed by atoms with Gasteiger partial charge in [-0.05, 0) is 73.3 Å². The van der Waals surface area contributed by atoms with Crippen LogP contribution in [0.1, 0.15) is 26.3 Å². The molecule has 0 saturated carbocycles. The SMILES string of the molecule is CCNC(=S)NN=Cc1cc(I)c(OC(C)C)c(OC)c1. The van der Waals surface area contributed by atoms with E-state index >= 15 is 0 Å². The first-order valence-corrected chi connectivity index (χ1v) is 8.07. The quantitative estimate of drug-likeness (QED) is 0.320. The van der Waals surface area contributed by atoms with Crippen molar-refractivity contribution in [3.05, 3.63) is 21.3 Å². The summed E-state index contributed by atoms with van der Waals surface area (Å²) >= 11 is 7.25. The van der Waals surface area contributed by atoms with Gasteiger partial charge in [0.05, 0.1) is 23.0 Å². The van der Waals surface area contributed by atoms with E-state index in [1.54, 1.807) is 13.3 Å². The lowest BCUT2D eigenvalue weighted by atomic mass is 10.2. The third-order valence-corrected chi connectivity index (χ3v) is 3.36. The molecule has 1 aromatic rings. The molecule has 7 heteroatoms. The van der Waals surface area contributed by atoms with Gasteiger partial charge in [-0.15, -0.1) is 0 Å². The lowest BCUT2D eigenvalue weighted by Crippen LogP contribution is -2.31. The fraction of sp³-hybridized carbons (Fsp3) is 0.429. The first-order chi connectivity index (χ1) is 9.97. The molecule has 0 aromatic heterocycles. The Morgan fingerprint density at radius 3 is 2.76 bits per heavy atom. The molecule has 0 unspecified atom stereocenters. The average molecular weight is 421 g/mol. The van der Waals surface area contributed by atoms with Crippen LogP contribution in [0.3, 0.4) is 0 Å². The van der Waals surface area contributed by atoms with Crippen LogP contribution in [0.15, 0.2) is 17.2 Å². The first kappa shape index (κ1) is 18.0. The van der Waals surface area contributed by atoms with Crippen LogP contribution in [-0.2, 0) is 0 Å². The molecule has 0 fully saturated rings. The second-order valence-corrected chi connectivity index (χ2v) is 6.00. The van der Waals surface area contributed by atoms with E-state index in [0.29, 0.717) is 10.9 Å². The number of halogens is 1. The molecule has 2 N–H and O–H groups in total. The Labute approximate surface area is 144 Å². The van der Waals surface area contributed by atoms with Crippen molar-refractivity contribution in [2.24, 2.45) is 5.10 Å². The van der Waals surface area contributed by atoms with Crippen molar-refractivity contribution in [3.63, 3.8) is 0 Å². The van der Waals surface area contributed by atoms with E-state index in [4.69, 9.17) is 21.7 Å². The summed E-state index contributed by atoms with van der Waals surface area (Å²) in [6, 6.07) is 3.85. The highest BCUT2D eigenvalue weighted by atomic mass is 127. The molecule has 0 aliphatic heterocycles. The molecular formula is C14H20IN3O2S. The van der Waals surface area contributed by atoms with Gasteiger partial charge in [-0.1, -0.05) is 0 Å². The fourth-order valence-corrected chi connectivity index (χ4v) is 2.48. The summed E-state index contributed by atoms with van der Waals surface area (Å²) in [5, 5.41) is 7.54. The predicted octanol–water partition coefficient (Wildman–Crippen LogP) is 2.90. The van der Waals surface area contributed by atoms with Crippen LogP contribution in [-0.4, -0.2) is 31.1 Å². The molecule has 116 valence electrons. The summed E-state index contributed by atoms with van der Waals surface area (Å²) < 4.78 is 12.1. The van der Waals surface area contributed by atoms with Gasteiger partial charge in [0.1, 0.15) is 0 Å². The highest BCUT2D eigenvalue weighted by molar-refractivity contribution is 14.1. The molecule has 1 aromatic carbocycles. The molecule has 0 spiro atoms. The van der Waals surface area contributed by atoms with E-state index in [1.165, 1.54) is 0 Å². The Hall–Kier alpha value is -1.09. The van der Waals surface area contributed by atoms with Crippen LogP contribution in [0, 0.1) is 3.57 Å². The summed E-state index contributed by atoms with van der Waals surface area (Å²) in [6.07, 6.45) is 1.78. The number of nitrogens with one attached hydrogen (secondary N) is 2. The topological polar surface area (TPSA) is 54.9 Å². The Kier molecular flexibility index (Phi) is 7.73. The number of hydrazone groups is 1.